The summed E-state index contributed by atoms with van der Waals surface area (Å²) in [7, 11) is 0. The average Bonchev–Trinajstić information content (AvgIpc) is 3.10. The van der Waals surface area contributed by atoms with E-state index in [4.69, 9.17) is 5.26 Å². The summed E-state index contributed by atoms with van der Waals surface area (Å²) in [5, 5.41) is 16.3. The number of carbonyl (C=O) groups excluding carboxylic acids is 2. The summed E-state index contributed by atoms with van der Waals surface area (Å²) in [4.78, 5) is 28.8. The van der Waals surface area contributed by atoms with Gasteiger partial charge in [0.05, 0.1) is 11.6 Å². The van der Waals surface area contributed by atoms with E-state index in [1.807, 2.05) is 6.07 Å². The molecule has 2 heterocycles. The van der Waals surface area contributed by atoms with Crippen molar-refractivity contribution in [2.75, 3.05) is 24.5 Å². The molecule has 1 aromatic carbocycles. The van der Waals surface area contributed by atoms with Gasteiger partial charge in [-0.15, -0.1) is 0 Å². The van der Waals surface area contributed by atoms with Gasteiger partial charge in [0, 0.05) is 30.0 Å². The largest absolute Gasteiger partial charge is 0.326 e. The number of rotatable bonds is 2. The first-order valence-corrected chi connectivity index (χ1v) is 9.22. The summed E-state index contributed by atoms with van der Waals surface area (Å²) < 4.78 is 0. The molecule has 1 atom stereocenters. The molecule has 1 aromatic heterocycles. The number of nitriles is 1. The maximum absolute atomic E-state index is 13.0. The fourth-order valence-electron chi connectivity index (χ4n) is 3.86. The Morgan fingerprint density at radius 1 is 1.37 bits per heavy atom. The number of benzene rings is 1. The van der Waals surface area contributed by atoms with E-state index in [0.717, 1.165) is 30.5 Å². The molecule has 2 amide bonds. The third-order valence-electron chi connectivity index (χ3n) is 5.39. The highest BCUT2D eigenvalue weighted by Crippen LogP contribution is 2.27. The summed E-state index contributed by atoms with van der Waals surface area (Å²) in [6.45, 7) is 3.05. The van der Waals surface area contributed by atoms with Crippen LogP contribution in [0.25, 0.3) is 0 Å². The first-order valence-electron chi connectivity index (χ1n) is 9.22. The molecule has 0 radical (unpaired) electrons. The van der Waals surface area contributed by atoms with Crippen molar-refractivity contribution >= 4 is 17.5 Å². The minimum Gasteiger partial charge on any atom is -0.326 e. The van der Waals surface area contributed by atoms with Crippen LogP contribution in [-0.4, -0.2) is 46.5 Å². The van der Waals surface area contributed by atoms with Crippen LogP contribution < -0.4 is 4.90 Å². The summed E-state index contributed by atoms with van der Waals surface area (Å²) in [5.41, 5.74) is 3.72. The van der Waals surface area contributed by atoms with Gasteiger partial charge in [0.15, 0.2) is 5.69 Å². The number of hydrogen-bond donors (Lipinski definition) is 1. The number of nitrogens with zero attached hydrogens (tertiary/aromatic N) is 4. The molecule has 0 spiro atoms. The van der Waals surface area contributed by atoms with Crippen molar-refractivity contribution in [2.45, 2.75) is 26.2 Å². The SMILES string of the molecule is C[C@@H]1CCc2[nH]nc(C(=O)N3CCN(c4cccc(C#N)c4)C(=O)C3)c2C1. The van der Waals surface area contributed by atoms with Crippen LogP contribution in [0.1, 0.15) is 40.7 Å². The first-order chi connectivity index (χ1) is 13.1. The number of nitrogens with one attached hydrogen (secondary N) is 1. The molecule has 1 saturated heterocycles. The minimum atomic E-state index is -0.180. The lowest BCUT2D eigenvalue weighted by Crippen LogP contribution is -2.52. The fraction of sp³-hybridized carbons (Fsp3) is 0.400. The van der Waals surface area contributed by atoms with Gasteiger partial charge in [-0.25, -0.2) is 0 Å². The lowest BCUT2D eigenvalue weighted by Gasteiger charge is -2.34. The van der Waals surface area contributed by atoms with Crippen molar-refractivity contribution in [1.29, 1.82) is 5.26 Å². The Labute approximate surface area is 157 Å². The third-order valence-corrected chi connectivity index (χ3v) is 5.39. The van der Waals surface area contributed by atoms with E-state index in [0.29, 0.717) is 36.0 Å². The van der Waals surface area contributed by atoms with Crippen LogP contribution in [0.5, 0.6) is 0 Å². The predicted molar refractivity (Wildman–Crippen MR) is 99.2 cm³/mol. The monoisotopic (exact) mass is 363 g/mol. The van der Waals surface area contributed by atoms with Crippen molar-refractivity contribution in [1.82, 2.24) is 15.1 Å². The number of fused-ring (bicyclic) bond motifs is 1. The second-order valence-electron chi connectivity index (χ2n) is 7.31. The molecule has 1 aliphatic heterocycles. The topological polar surface area (TPSA) is 93.1 Å². The molecule has 0 bridgehead atoms. The number of aryl methyl sites for hydroxylation is 1. The molecule has 7 heteroatoms. The normalized spacial score (nSPS) is 19.6. The van der Waals surface area contributed by atoms with Crippen LogP contribution in [0.4, 0.5) is 5.69 Å². The average molecular weight is 363 g/mol. The van der Waals surface area contributed by atoms with Gasteiger partial charge in [-0.05, 0) is 43.4 Å². The number of aromatic nitrogens is 2. The zero-order valence-corrected chi connectivity index (χ0v) is 15.2. The van der Waals surface area contributed by atoms with E-state index >= 15 is 0 Å². The fourth-order valence-corrected chi connectivity index (χ4v) is 3.86. The van der Waals surface area contributed by atoms with E-state index in [9.17, 15) is 9.59 Å². The standard InChI is InChI=1S/C20H21N5O2/c1-13-5-6-17-16(9-13)19(23-22-17)20(27)24-7-8-25(18(26)12-24)15-4-2-3-14(10-15)11-21/h2-4,10,13H,5-9,12H2,1H3,(H,22,23)/t13-/m1/s1. The molecule has 1 fully saturated rings. The van der Waals surface area contributed by atoms with Crippen LogP contribution >= 0.6 is 0 Å². The smallest absolute Gasteiger partial charge is 0.275 e. The number of aromatic amines is 1. The van der Waals surface area contributed by atoms with Gasteiger partial charge in [0.2, 0.25) is 5.91 Å². The number of H-pyrrole nitrogens is 1. The minimum absolute atomic E-state index is 0.0206. The summed E-state index contributed by atoms with van der Waals surface area (Å²) in [5.74, 6) is 0.204. The summed E-state index contributed by atoms with van der Waals surface area (Å²) >= 11 is 0. The van der Waals surface area contributed by atoms with E-state index in [1.165, 1.54) is 0 Å². The Balaban J connectivity index is 1.50. The van der Waals surface area contributed by atoms with E-state index in [2.05, 4.69) is 23.2 Å². The van der Waals surface area contributed by atoms with Gasteiger partial charge in [0.25, 0.3) is 5.91 Å². The summed E-state index contributed by atoms with van der Waals surface area (Å²) in [6, 6.07) is 9.05. The van der Waals surface area contributed by atoms with Gasteiger partial charge in [-0.3, -0.25) is 14.7 Å². The molecule has 0 saturated carbocycles. The first kappa shape index (κ1) is 17.3. The molecule has 2 aliphatic rings. The van der Waals surface area contributed by atoms with Crippen molar-refractivity contribution in [2.24, 2.45) is 5.92 Å². The Hall–Kier alpha value is -3.14. The number of anilines is 1. The Bertz CT molecular complexity index is 942. The van der Waals surface area contributed by atoms with Crippen LogP contribution in [0, 0.1) is 17.2 Å². The van der Waals surface area contributed by atoms with Gasteiger partial charge in [-0.1, -0.05) is 13.0 Å². The van der Waals surface area contributed by atoms with Crippen LogP contribution in [0.2, 0.25) is 0 Å². The molecule has 138 valence electrons. The lowest BCUT2D eigenvalue weighted by atomic mass is 9.87. The van der Waals surface area contributed by atoms with Gasteiger partial charge in [-0.2, -0.15) is 10.4 Å². The Morgan fingerprint density at radius 2 is 2.22 bits per heavy atom. The molecule has 2 aromatic rings. The van der Waals surface area contributed by atoms with Crippen molar-refractivity contribution in [3.8, 4) is 6.07 Å². The molecule has 4 rings (SSSR count). The van der Waals surface area contributed by atoms with E-state index < -0.39 is 0 Å². The second kappa shape index (κ2) is 6.88. The zero-order chi connectivity index (χ0) is 19.0. The Kier molecular flexibility index (Phi) is 4.40. The number of piperazine rings is 1. The highest BCUT2D eigenvalue weighted by atomic mass is 16.2. The van der Waals surface area contributed by atoms with Crippen molar-refractivity contribution in [3.05, 3.63) is 46.8 Å². The predicted octanol–water partition coefficient (Wildman–Crippen LogP) is 1.90. The Morgan fingerprint density at radius 3 is 3.00 bits per heavy atom. The molecular formula is C20H21N5O2. The number of hydrogen-bond acceptors (Lipinski definition) is 4. The van der Waals surface area contributed by atoms with Crippen LogP contribution in [0.3, 0.4) is 0 Å². The van der Waals surface area contributed by atoms with Crippen molar-refractivity contribution < 1.29 is 9.59 Å². The lowest BCUT2D eigenvalue weighted by molar-refractivity contribution is -0.120. The maximum atomic E-state index is 13.0. The highest BCUT2D eigenvalue weighted by molar-refractivity contribution is 6.01. The van der Waals surface area contributed by atoms with Crippen LogP contribution in [-0.2, 0) is 17.6 Å². The third kappa shape index (κ3) is 3.19. The number of carbonyl (C=O) groups is 2. The zero-order valence-electron chi connectivity index (χ0n) is 15.2. The molecule has 7 nitrogen and oxygen atoms in total. The maximum Gasteiger partial charge on any atom is 0.275 e. The molecule has 1 aliphatic carbocycles. The quantitative estimate of drug-likeness (QED) is 0.882. The van der Waals surface area contributed by atoms with E-state index in [1.54, 1.807) is 28.0 Å². The van der Waals surface area contributed by atoms with Gasteiger partial charge < -0.3 is 9.80 Å². The van der Waals surface area contributed by atoms with Gasteiger partial charge >= 0.3 is 0 Å². The molecular weight excluding hydrogens is 342 g/mol. The molecule has 1 N–H and O–H groups in total. The highest BCUT2D eigenvalue weighted by Gasteiger charge is 2.32. The van der Waals surface area contributed by atoms with Gasteiger partial charge in [0.1, 0.15) is 6.54 Å². The van der Waals surface area contributed by atoms with Crippen LogP contribution in [0.15, 0.2) is 24.3 Å². The summed E-state index contributed by atoms with van der Waals surface area (Å²) in [6.07, 6.45) is 2.86. The van der Waals surface area contributed by atoms with Crippen molar-refractivity contribution in [3.63, 3.8) is 0 Å². The number of amides is 2. The molecule has 27 heavy (non-hydrogen) atoms. The second-order valence-corrected chi connectivity index (χ2v) is 7.31. The van der Waals surface area contributed by atoms with E-state index in [-0.39, 0.29) is 18.4 Å². The molecule has 0 unspecified atom stereocenters.